The molecule has 0 aromatic rings. The molecule has 0 amide bonds. The first-order chi connectivity index (χ1) is 9.60. The van der Waals surface area contributed by atoms with Crippen molar-refractivity contribution in [3.63, 3.8) is 0 Å². The van der Waals surface area contributed by atoms with Crippen LogP contribution in [0.5, 0.6) is 0 Å². The molecule has 0 aromatic heterocycles. The van der Waals surface area contributed by atoms with Gasteiger partial charge in [0, 0.05) is 0 Å². The third-order valence-electron chi connectivity index (χ3n) is 6.71. The van der Waals surface area contributed by atoms with Gasteiger partial charge in [-0.15, -0.1) is 0 Å². The molecule has 0 aliphatic rings. The Balaban J connectivity index is 5.59. The molecule has 0 aliphatic carbocycles. The summed E-state index contributed by atoms with van der Waals surface area (Å²) >= 11 is 0. The van der Waals surface area contributed by atoms with E-state index in [9.17, 15) is 0 Å². The predicted molar refractivity (Wildman–Crippen MR) is 98.8 cm³/mol. The summed E-state index contributed by atoms with van der Waals surface area (Å²) in [7, 11) is 0. The minimum Gasteiger partial charge on any atom is -0.0654 e. The second kappa shape index (κ2) is 8.59. The van der Waals surface area contributed by atoms with Crippen LogP contribution in [0.2, 0.25) is 0 Å². The summed E-state index contributed by atoms with van der Waals surface area (Å²) in [5.74, 6) is 0.816. The van der Waals surface area contributed by atoms with Gasteiger partial charge in [-0.3, -0.25) is 0 Å². The monoisotopic (exact) mass is 296 g/mol. The molecule has 0 atom stereocenters. The van der Waals surface area contributed by atoms with Gasteiger partial charge in [-0.25, -0.2) is 0 Å². The summed E-state index contributed by atoms with van der Waals surface area (Å²) in [6.45, 7) is 22.0. The van der Waals surface area contributed by atoms with Crippen LogP contribution in [0.25, 0.3) is 0 Å². The molecular weight excluding hydrogens is 252 g/mol. The Morgan fingerprint density at radius 1 is 0.714 bits per heavy atom. The van der Waals surface area contributed by atoms with Gasteiger partial charge in [-0.1, -0.05) is 101 Å². The molecule has 0 rings (SSSR count). The van der Waals surface area contributed by atoms with E-state index in [0.717, 1.165) is 5.92 Å². The molecule has 0 aliphatic heterocycles. The van der Waals surface area contributed by atoms with Gasteiger partial charge >= 0.3 is 0 Å². The maximum Gasteiger partial charge on any atom is -0.0195 e. The molecule has 0 N–H and O–H groups in total. The topological polar surface area (TPSA) is 0 Å². The second-order valence-electron chi connectivity index (χ2n) is 8.95. The third-order valence-corrected chi connectivity index (χ3v) is 6.71. The van der Waals surface area contributed by atoms with E-state index >= 15 is 0 Å². The first kappa shape index (κ1) is 21.0. The highest BCUT2D eigenvalue weighted by atomic mass is 14.6. The van der Waals surface area contributed by atoms with Crippen LogP contribution in [0.3, 0.4) is 0 Å². The molecule has 0 fully saturated rings. The summed E-state index contributed by atoms with van der Waals surface area (Å²) in [4.78, 5) is 0. The molecule has 0 aromatic carbocycles. The van der Waals surface area contributed by atoms with E-state index in [-0.39, 0.29) is 0 Å². The van der Waals surface area contributed by atoms with Crippen molar-refractivity contribution in [1.29, 1.82) is 0 Å². The van der Waals surface area contributed by atoms with Crippen molar-refractivity contribution in [2.75, 3.05) is 0 Å². The zero-order valence-electron chi connectivity index (χ0n) is 16.7. The summed E-state index contributed by atoms with van der Waals surface area (Å²) < 4.78 is 0. The lowest BCUT2D eigenvalue weighted by Gasteiger charge is -2.57. The zero-order chi connectivity index (χ0) is 16.7. The predicted octanol–water partition coefficient (Wildman–Crippen LogP) is 7.86. The average molecular weight is 297 g/mol. The van der Waals surface area contributed by atoms with Crippen molar-refractivity contribution < 1.29 is 0 Å². The molecule has 0 nitrogen and oxygen atoms in total. The molecular formula is C21H44. The van der Waals surface area contributed by atoms with Gasteiger partial charge < -0.3 is 0 Å². The average Bonchev–Trinajstić information content (AvgIpc) is 2.41. The number of unbranched alkanes of at least 4 members (excludes halogenated alkanes) is 2. The normalized spacial score (nSPS) is 14.0. The zero-order valence-corrected chi connectivity index (χ0v) is 16.7. The van der Waals surface area contributed by atoms with Gasteiger partial charge in [0.25, 0.3) is 0 Å². The minimum absolute atomic E-state index is 0.426. The van der Waals surface area contributed by atoms with Gasteiger partial charge in [0.15, 0.2) is 0 Å². The van der Waals surface area contributed by atoms with Crippen LogP contribution in [-0.4, -0.2) is 0 Å². The fraction of sp³-hybridized carbons (Fsp3) is 1.00. The number of rotatable bonds is 11. The highest BCUT2D eigenvalue weighted by Gasteiger charge is 2.51. The van der Waals surface area contributed by atoms with E-state index in [1.807, 2.05) is 0 Å². The number of hydrogen-bond acceptors (Lipinski definition) is 0. The third kappa shape index (κ3) is 5.00. The summed E-state index contributed by atoms with van der Waals surface area (Å²) in [6.07, 6.45) is 10.9. The SMILES string of the molecule is CCCCCC(CCC(C)C)(C(C)(C)CC)C(C)(C)CC. The lowest BCUT2D eigenvalue weighted by atomic mass is 9.47. The Labute approximate surface area is 136 Å². The Morgan fingerprint density at radius 3 is 1.52 bits per heavy atom. The van der Waals surface area contributed by atoms with E-state index in [1.165, 1.54) is 51.4 Å². The van der Waals surface area contributed by atoms with Crippen molar-refractivity contribution in [3.05, 3.63) is 0 Å². The van der Waals surface area contributed by atoms with Crippen LogP contribution in [0.1, 0.15) is 114 Å². The van der Waals surface area contributed by atoms with E-state index < -0.39 is 0 Å². The van der Waals surface area contributed by atoms with Crippen LogP contribution in [0, 0.1) is 22.2 Å². The molecule has 0 unspecified atom stereocenters. The fourth-order valence-corrected chi connectivity index (χ4v) is 4.28. The minimum atomic E-state index is 0.426. The highest BCUT2D eigenvalue weighted by Crippen LogP contribution is 2.60. The van der Waals surface area contributed by atoms with Crippen molar-refractivity contribution in [2.45, 2.75) is 114 Å². The van der Waals surface area contributed by atoms with Crippen molar-refractivity contribution in [2.24, 2.45) is 22.2 Å². The lowest BCUT2D eigenvalue weighted by molar-refractivity contribution is -0.0781. The maximum absolute atomic E-state index is 2.54. The summed E-state index contributed by atoms with van der Waals surface area (Å²) in [5, 5.41) is 0. The quantitative estimate of drug-likeness (QED) is 0.340. The Hall–Kier alpha value is 0. The van der Waals surface area contributed by atoms with E-state index in [0.29, 0.717) is 16.2 Å². The Morgan fingerprint density at radius 2 is 1.19 bits per heavy atom. The lowest BCUT2D eigenvalue weighted by Crippen LogP contribution is -2.49. The van der Waals surface area contributed by atoms with Gasteiger partial charge in [0.1, 0.15) is 0 Å². The van der Waals surface area contributed by atoms with Gasteiger partial charge in [-0.2, -0.15) is 0 Å². The van der Waals surface area contributed by atoms with Gasteiger partial charge in [-0.05, 0) is 35.0 Å². The summed E-state index contributed by atoms with van der Waals surface area (Å²) in [6, 6.07) is 0. The smallest absolute Gasteiger partial charge is 0.0195 e. The molecule has 0 saturated carbocycles. The van der Waals surface area contributed by atoms with Gasteiger partial charge in [0.2, 0.25) is 0 Å². The molecule has 0 heterocycles. The second-order valence-corrected chi connectivity index (χ2v) is 8.95. The van der Waals surface area contributed by atoms with E-state index in [1.54, 1.807) is 0 Å². The molecule has 0 saturated heterocycles. The first-order valence-electron chi connectivity index (χ1n) is 9.60. The van der Waals surface area contributed by atoms with Crippen molar-refractivity contribution in [1.82, 2.24) is 0 Å². The highest BCUT2D eigenvalue weighted by molar-refractivity contribution is 5.01. The molecule has 0 spiro atoms. The molecule has 0 radical (unpaired) electrons. The van der Waals surface area contributed by atoms with Crippen LogP contribution < -0.4 is 0 Å². The maximum atomic E-state index is 2.54. The van der Waals surface area contributed by atoms with E-state index in [4.69, 9.17) is 0 Å². The summed E-state index contributed by atoms with van der Waals surface area (Å²) in [5.41, 5.74) is 1.33. The Kier molecular flexibility index (Phi) is 8.59. The van der Waals surface area contributed by atoms with Crippen LogP contribution in [0.15, 0.2) is 0 Å². The molecule has 21 heavy (non-hydrogen) atoms. The van der Waals surface area contributed by atoms with Gasteiger partial charge in [0.05, 0.1) is 0 Å². The largest absolute Gasteiger partial charge is 0.0654 e. The molecule has 0 bridgehead atoms. The van der Waals surface area contributed by atoms with Crippen LogP contribution in [0.4, 0.5) is 0 Å². The molecule has 0 heteroatoms. The van der Waals surface area contributed by atoms with Crippen molar-refractivity contribution >= 4 is 0 Å². The van der Waals surface area contributed by atoms with Crippen LogP contribution in [-0.2, 0) is 0 Å². The van der Waals surface area contributed by atoms with Crippen LogP contribution >= 0.6 is 0 Å². The Bertz CT molecular complexity index is 254. The fourth-order valence-electron chi connectivity index (χ4n) is 4.28. The number of hydrogen-bond donors (Lipinski definition) is 0. The van der Waals surface area contributed by atoms with Crippen molar-refractivity contribution in [3.8, 4) is 0 Å². The standard InChI is InChI=1S/C21H44/c1-10-13-14-16-21(17-15-18(4)5,19(6,7)11-2)20(8,9)12-3/h18H,10-17H2,1-9H3. The first-order valence-corrected chi connectivity index (χ1v) is 9.60. The van der Waals surface area contributed by atoms with E-state index in [2.05, 4.69) is 62.3 Å². The molecule has 128 valence electrons.